The number of hydrogen-bond acceptors (Lipinski definition) is 2. The molecule has 0 amide bonds. The number of nitrogens with one attached hydrogen (secondary N) is 1. The Bertz CT molecular complexity index is 239. The number of fused-ring (bicyclic) bond motifs is 2. The highest BCUT2D eigenvalue weighted by atomic mass is 15.2. The first-order chi connectivity index (χ1) is 7.78. The Kier molecular flexibility index (Phi) is 2.97. The van der Waals surface area contributed by atoms with Crippen molar-refractivity contribution in [3.05, 3.63) is 0 Å². The molecule has 0 radical (unpaired) electrons. The summed E-state index contributed by atoms with van der Waals surface area (Å²) in [6.07, 6.45) is 9.96. The molecule has 3 aliphatic rings. The van der Waals surface area contributed by atoms with Crippen LogP contribution in [0.4, 0.5) is 0 Å². The van der Waals surface area contributed by atoms with E-state index in [-0.39, 0.29) is 0 Å². The van der Waals surface area contributed by atoms with Crippen molar-refractivity contribution in [2.45, 2.75) is 76.0 Å². The highest BCUT2D eigenvalue weighted by Crippen LogP contribution is 2.38. The van der Waals surface area contributed by atoms with Crippen molar-refractivity contribution in [3.63, 3.8) is 0 Å². The van der Waals surface area contributed by atoms with Crippen LogP contribution in [0.1, 0.15) is 51.9 Å². The Morgan fingerprint density at radius 1 is 1.12 bits per heavy atom. The third-order valence-electron chi connectivity index (χ3n) is 5.13. The Labute approximate surface area is 99.8 Å². The quantitative estimate of drug-likeness (QED) is 0.786. The van der Waals surface area contributed by atoms with E-state index in [0.29, 0.717) is 0 Å². The van der Waals surface area contributed by atoms with Crippen LogP contribution in [0.2, 0.25) is 0 Å². The third-order valence-corrected chi connectivity index (χ3v) is 5.13. The molecule has 3 fully saturated rings. The van der Waals surface area contributed by atoms with Crippen molar-refractivity contribution in [3.8, 4) is 0 Å². The van der Waals surface area contributed by atoms with Crippen LogP contribution in [0.5, 0.6) is 0 Å². The SMILES string of the molecule is CCCC1CC1NC1CC2CCC(C1)N2C. The molecule has 2 aliphatic heterocycles. The molecule has 4 atom stereocenters. The molecule has 2 saturated heterocycles. The van der Waals surface area contributed by atoms with Gasteiger partial charge in [-0.3, -0.25) is 0 Å². The second kappa shape index (κ2) is 4.30. The van der Waals surface area contributed by atoms with Crippen molar-refractivity contribution >= 4 is 0 Å². The lowest BCUT2D eigenvalue weighted by molar-refractivity contribution is 0.147. The Balaban J connectivity index is 1.48. The topological polar surface area (TPSA) is 15.3 Å². The lowest BCUT2D eigenvalue weighted by atomic mass is 9.98. The molecule has 92 valence electrons. The summed E-state index contributed by atoms with van der Waals surface area (Å²) in [7, 11) is 2.33. The van der Waals surface area contributed by atoms with Gasteiger partial charge in [-0.25, -0.2) is 0 Å². The van der Waals surface area contributed by atoms with Crippen LogP contribution in [-0.4, -0.2) is 36.1 Å². The molecule has 0 aromatic rings. The van der Waals surface area contributed by atoms with Gasteiger partial charge in [0, 0.05) is 24.2 Å². The van der Waals surface area contributed by atoms with E-state index in [1.54, 1.807) is 0 Å². The molecule has 2 nitrogen and oxygen atoms in total. The van der Waals surface area contributed by atoms with Crippen molar-refractivity contribution in [2.24, 2.45) is 5.92 Å². The second-order valence-electron chi connectivity index (χ2n) is 6.28. The van der Waals surface area contributed by atoms with Crippen molar-refractivity contribution in [1.29, 1.82) is 0 Å². The first-order valence-electron chi connectivity index (χ1n) is 7.26. The summed E-state index contributed by atoms with van der Waals surface area (Å²) in [5, 5.41) is 3.92. The first-order valence-corrected chi connectivity index (χ1v) is 7.26. The van der Waals surface area contributed by atoms with E-state index < -0.39 is 0 Å². The normalized spacial score (nSPS) is 47.2. The van der Waals surface area contributed by atoms with Crippen LogP contribution >= 0.6 is 0 Å². The van der Waals surface area contributed by atoms with Gasteiger partial charge in [-0.1, -0.05) is 13.3 Å². The Hall–Kier alpha value is -0.0800. The van der Waals surface area contributed by atoms with Gasteiger partial charge in [0.05, 0.1) is 0 Å². The molecule has 0 aromatic carbocycles. The van der Waals surface area contributed by atoms with Gasteiger partial charge in [0.15, 0.2) is 0 Å². The standard InChI is InChI=1S/C14H26N2/c1-3-4-10-7-14(10)15-11-8-12-5-6-13(9-11)16(12)2/h10-15H,3-9H2,1-2H3. The summed E-state index contributed by atoms with van der Waals surface area (Å²) in [6.45, 7) is 2.31. The predicted octanol–water partition coefficient (Wildman–Crippen LogP) is 2.39. The van der Waals surface area contributed by atoms with Gasteiger partial charge in [0.25, 0.3) is 0 Å². The van der Waals surface area contributed by atoms with Crippen LogP contribution in [0.25, 0.3) is 0 Å². The van der Waals surface area contributed by atoms with E-state index in [2.05, 4.69) is 24.2 Å². The summed E-state index contributed by atoms with van der Waals surface area (Å²) in [5.41, 5.74) is 0. The monoisotopic (exact) mass is 222 g/mol. The fourth-order valence-electron chi connectivity index (χ4n) is 3.99. The molecular weight excluding hydrogens is 196 g/mol. The van der Waals surface area contributed by atoms with Gasteiger partial charge in [-0.15, -0.1) is 0 Å². The maximum Gasteiger partial charge on any atom is 0.0111 e. The van der Waals surface area contributed by atoms with Gasteiger partial charge < -0.3 is 10.2 Å². The minimum absolute atomic E-state index is 0.834. The van der Waals surface area contributed by atoms with E-state index in [1.165, 1.54) is 44.9 Å². The van der Waals surface area contributed by atoms with Gasteiger partial charge >= 0.3 is 0 Å². The van der Waals surface area contributed by atoms with E-state index in [9.17, 15) is 0 Å². The zero-order valence-electron chi connectivity index (χ0n) is 10.8. The van der Waals surface area contributed by atoms with Gasteiger partial charge in [0.1, 0.15) is 0 Å². The Morgan fingerprint density at radius 3 is 2.44 bits per heavy atom. The average Bonchev–Trinajstić information content (AvgIpc) is 2.95. The molecule has 2 heterocycles. The van der Waals surface area contributed by atoms with Crippen LogP contribution in [-0.2, 0) is 0 Å². The maximum atomic E-state index is 3.92. The van der Waals surface area contributed by atoms with Crippen molar-refractivity contribution < 1.29 is 0 Å². The maximum absolute atomic E-state index is 3.92. The fourth-order valence-corrected chi connectivity index (χ4v) is 3.99. The molecule has 4 unspecified atom stereocenters. The lowest BCUT2D eigenvalue weighted by Crippen LogP contribution is -2.48. The highest BCUT2D eigenvalue weighted by Gasteiger charge is 2.42. The third kappa shape index (κ3) is 2.02. The first kappa shape index (κ1) is 11.0. The van der Waals surface area contributed by atoms with Crippen molar-refractivity contribution in [2.75, 3.05) is 7.05 Å². The van der Waals surface area contributed by atoms with E-state index in [4.69, 9.17) is 0 Å². The highest BCUT2D eigenvalue weighted by molar-refractivity contribution is 5.00. The summed E-state index contributed by atoms with van der Waals surface area (Å²) >= 11 is 0. The van der Waals surface area contributed by atoms with Gasteiger partial charge in [0.2, 0.25) is 0 Å². The molecule has 0 spiro atoms. The smallest absolute Gasteiger partial charge is 0.0111 e. The van der Waals surface area contributed by atoms with Gasteiger partial charge in [-0.2, -0.15) is 0 Å². The minimum atomic E-state index is 0.834. The number of rotatable bonds is 4. The molecule has 2 bridgehead atoms. The van der Waals surface area contributed by atoms with Crippen LogP contribution in [0, 0.1) is 5.92 Å². The zero-order chi connectivity index (χ0) is 11.1. The summed E-state index contributed by atoms with van der Waals surface area (Å²) in [5.74, 6) is 1.02. The summed E-state index contributed by atoms with van der Waals surface area (Å²) < 4.78 is 0. The van der Waals surface area contributed by atoms with E-state index in [0.717, 1.165) is 30.1 Å². The molecular formula is C14H26N2. The molecule has 1 saturated carbocycles. The molecule has 2 heteroatoms. The van der Waals surface area contributed by atoms with Crippen LogP contribution < -0.4 is 5.32 Å². The number of nitrogens with zero attached hydrogens (tertiary/aromatic N) is 1. The van der Waals surface area contributed by atoms with Crippen LogP contribution in [0.15, 0.2) is 0 Å². The average molecular weight is 222 g/mol. The van der Waals surface area contributed by atoms with Gasteiger partial charge in [-0.05, 0) is 51.5 Å². The lowest BCUT2D eigenvalue weighted by Gasteiger charge is -2.37. The van der Waals surface area contributed by atoms with E-state index >= 15 is 0 Å². The molecule has 1 aliphatic carbocycles. The largest absolute Gasteiger partial charge is 0.311 e. The number of hydrogen-bond donors (Lipinski definition) is 1. The molecule has 1 N–H and O–H groups in total. The predicted molar refractivity (Wildman–Crippen MR) is 67.5 cm³/mol. The van der Waals surface area contributed by atoms with Crippen molar-refractivity contribution in [1.82, 2.24) is 10.2 Å². The summed E-state index contributed by atoms with van der Waals surface area (Å²) in [4.78, 5) is 2.63. The van der Waals surface area contributed by atoms with E-state index in [1.807, 2.05) is 0 Å². The zero-order valence-corrected chi connectivity index (χ0v) is 10.8. The molecule has 0 aromatic heterocycles. The summed E-state index contributed by atoms with van der Waals surface area (Å²) in [6, 6.07) is 3.49. The fraction of sp³-hybridized carbons (Fsp3) is 1.00. The Morgan fingerprint density at radius 2 is 1.81 bits per heavy atom. The van der Waals surface area contributed by atoms with Crippen LogP contribution in [0.3, 0.4) is 0 Å². The second-order valence-corrected chi connectivity index (χ2v) is 6.28. The molecule has 16 heavy (non-hydrogen) atoms. The minimum Gasteiger partial charge on any atom is -0.311 e. The number of piperidine rings is 1. The molecule has 3 rings (SSSR count).